The number of nitrogens with one attached hydrogen (secondary N) is 1. The maximum Gasteiger partial charge on any atom is 0.225 e. The molecule has 0 aliphatic rings. The number of rotatable bonds is 4. The normalized spacial score (nSPS) is 11.5. The van der Waals surface area contributed by atoms with Gasteiger partial charge < -0.3 is 10.4 Å². The molecule has 6 heteroatoms. The maximum atomic E-state index is 8.86. The Balaban J connectivity index is 2.80. The summed E-state index contributed by atoms with van der Waals surface area (Å²) in [5.74, 6) is 0.554. The van der Waals surface area contributed by atoms with E-state index in [1.807, 2.05) is 13.8 Å². The molecule has 0 saturated carbocycles. The van der Waals surface area contributed by atoms with Crippen molar-refractivity contribution in [2.75, 3.05) is 11.9 Å². The van der Waals surface area contributed by atoms with Crippen LogP contribution in [0.25, 0.3) is 0 Å². The van der Waals surface area contributed by atoms with Gasteiger partial charge in [-0.3, -0.25) is 0 Å². The van der Waals surface area contributed by atoms with Crippen LogP contribution >= 0.6 is 23.2 Å². The zero-order valence-corrected chi connectivity index (χ0v) is 10.1. The minimum Gasteiger partial charge on any atom is -0.396 e. The summed E-state index contributed by atoms with van der Waals surface area (Å²) in [6, 6.07) is 1.59. The van der Waals surface area contributed by atoms with Crippen molar-refractivity contribution in [3.05, 3.63) is 16.5 Å². The van der Waals surface area contributed by atoms with Gasteiger partial charge in [0.2, 0.25) is 5.28 Å². The minimum absolute atomic E-state index is 0.102. The summed E-state index contributed by atoms with van der Waals surface area (Å²) >= 11 is 11.4. The SMILES string of the molecule is CC(C)(CCO)Nc1cc(Cl)nc(Cl)n1. The number of nitrogens with zero attached hydrogens (tertiary/aromatic N) is 2. The van der Waals surface area contributed by atoms with Crippen LogP contribution < -0.4 is 5.32 Å². The Morgan fingerprint density at radius 1 is 1.40 bits per heavy atom. The van der Waals surface area contributed by atoms with Gasteiger partial charge in [-0.15, -0.1) is 0 Å². The number of anilines is 1. The van der Waals surface area contributed by atoms with Gasteiger partial charge in [-0.1, -0.05) is 11.6 Å². The third-order valence-electron chi connectivity index (χ3n) is 1.87. The van der Waals surface area contributed by atoms with Crippen LogP contribution in [0.15, 0.2) is 6.07 Å². The van der Waals surface area contributed by atoms with E-state index in [0.717, 1.165) is 0 Å². The van der Waals surface area contributed by atoms with Crippen molar-refractivity contribution < 1.29 is 5.11 Å². The summed E-state index contributed by atoms with van der Waals surface area (Å²) in [4.78, 5) is 7.72. The standard InChI is InChI=1S/C9H13Cl2N3O/c1-9(2,3-4-15)14-7-5-6(10)12-8(11)13-7/h5,15H,3-4H2,1-2H3,(H,12,13,14). The van der Waals surface area contributed by atoms with E-state index in [2.05, 4.69) is 15.3 Å². The molecule has 0 aliphatic heterocycles. The molecule has 2 N–H and O–H groups in total. The van der Waals surface area contributed by atoms with E-state index in [1.54, 1.807) is 6.07 Å². The summed E-state index contributed by atoms with van der Waals surface area (Å²) in [7, 11) is 0. The molecule has 15 heavy (non-hydrogen) atoms. The average Bonchev–Trinajstić information content (AvgIpc) is 1.99. The number of aliphatic hydroxyl groups is 1. The smallest absolute Gasteiger partial charge is 0.225 e. The molecule has 0 fully saturated rings. The number of aliphatic hydroxyl groups excluding tert-OH is 1. The predicted octanol–water partition coefficient (Wildman–Crippen LogP) is 2.36. The first-order valence-corrected chi connectivity index (χ1v) is 5.28. The molecule has 0 spiro atoms. The Hall–Kier alpha value is -0.580. The molecule has 0 aromatic carbocycles. The fourth-order valence-electron chi connectivity index (χ4n) is 1.14. The predicted molar refractivity (Wildman–Crippen MR) is 61.5 cm³/mol. The third-order valence-corrected chi connectivity index (χ3v) is 2.23. The lowest BCUT2D eigenvalue weighted by Crippen LogP contribution is -2.32. The largest absolute Gasteiger partial charge is 0.396 e. The maximum absolute atomic E-state index is 8.86. The van der Waals surface area contributed by atoms with Crippen molar-refractivity contribution in [1.82, 2.24) is 9.97 Å². The van der Waals surface area contributed by atoms with Crippen molar-refractivity contribution >= 4 is 29.0 Å². The molecule has 0 radical (unpaired) electrons. The highest BCUT2D eigenvalue weighted by Crippen LogP contribution is 2.19. The summed E-state index contributed by atoms with van der Waals surface area (Å²) < 4.78 is 0. The van der Waals surface area contributed by atoms with Crippen LogP contribution in [0.5, 0.6) is 0 Å². The molecule has 0 amide bonds. The molecule has 1 aromatic rings. The van der Waals surface area contributed by atoms with Crippen LogP contribution in [-0.4, -0.2) is 27.2 Å². The van der Waals surface area contributed by atoms with E-state index in [1.165, 1.54) is 0 Å². The van der Waals surface area contributed by atoms with Crippen LogP contribution in [0.2, 0.25) is 10.4 Å². The first-order chi connectivity index (χ1) is 6.93. The Bertz CT molecular complexity index is 324. The van der Waals surface area contributed by atoms with Gasteiger partial charge in [-0.2, -0.15) is 0 Å². The molecule has 84 valence electrons. The molecule has 1 rings (SSSR count). The lowest BCUT2D eigenvalue weighted by Gasteiger charge is -2.25. The fourth-order valence-corrected chi connectivity index (χ4v) is 1.55. The van der Waals surface area contributed by atoms with E-state index < -0.39 is 0 Å². The monoisotopic (exact) mass is 249 g/mol. The van der Waals surface area contributed by atoms with Crippen molar-refractivity contribution in [3.63, 3.8) is 0 Å². The number of aromatic nitrogens is 2. The zero-order valence-electron chi connectivity index (χ0n) is 8.59. The van der Waals surface area contributed by atoms with Gasteiger partial charge in [0, 0.05) is 18.2 Å². The van der Waals surface area contributed by atoms with Crippen molar-refractivity contribution in [1.29, 1.82) is 0 Å². The van der Waals surface area contributed by atoms with Gasteiger partial charge in [0.15, 0.2) is 0 Å². The van der Waals surface area contributed by atoms with Crippen molar-refractivity contribution in [3.8, 4) is 0 Å². The van der Waals surface area contributed by atoms with E-state index in [-0.39, 0.29) is 22.6 Å². The number of hydrogen-bond donors (Lipinski definition) is 2. The van der Waals surface area contributed by atoms with Gasteiger partial charge >= 0.3 is 0 Å². The van der Waals surface area contributed by atoms with Crippen molar-refractivity contribution in [2.45, 2.75) is 25.8 Å². The topological polar surface area (TPSA) is 58.0 Å². The molecular formula is C9H13Cl2N3O. The van der Waals surface area contributed by atoms with E-state index in [0.29, 0.717) is 12.2 Å². The second kappa shape index (κ2) is 4.96. The zero-order chi connectivity index (χ0) is 11.5. The van der Waals surface area contributed by atoms with Gasteiger partial charge in [-0.05, 0) is 31.9 Å². The second-order valence-corrected chi connectivity index (χ2v) is 4.55. The second-order valence-electron chi connectivity index (χ2n) is 3.83. The number of hydrogen-bond acceptors (Lipinski definition) is 4. The molecule has 1 heterocycles. The number of halogens is 2. The Labute approximate surface area is 98.6 Å². The van der Waals surface area contributed by atoms with E-state index in [9.17, 15) is 0 Å². The quantitative estimate of drug-likeness (QED) is 0.636. The molecule has 0 aliphatic carbocycles. The molecule has 0 saturated heterocycles. The van der Waals surface area contributed by atoms with E-state index >= 15 is 0 Å². The molecule has 0 bridgehead atoms. The summed E-state index contributed by atoms with van der Waals surface area (Å²) in [6.45, 7) is 4.01. The molecule has 4 nitrogen and oxygen atoms in total. The highest BCUT2D eigenvalue weighted by molar-refractivity contribution is 6.32. The molecule has 0 unspecified atom stereocenters. The van der Waals surface area contributed by atoms with Crippen molar-refractivity contribution in [2.24, 2.45) is 0 Å². The lowest BCUT2D eigenvalue weighted by molar-refractivity contribution is 0.260. The first-order valence-electron chi connectivity index (χ1n) is 4.52. The Morgan fingerprint density at radius 2 is 2.07 bits per heavy atom. The molecular weight excluding hydrogens is 237 g/mol. The van der Waals surface area contributed by atoms with Gasteiger partial charge in [0.05, 0.1) is 0 Å². The molecule has 0 atom stereocenters. The third kappa shape index (κ3) is 4.20. The van der Waals surface area contributed by atoms with Crippen LogP contribution in [0, 0.1) is 0 Å². The van der Waals surface area contributed by atoms with Crippen LogP contribution in [0.1, 0.15) is 20.3 Å². The van der Waals surface area contributed by atoms with Gasteiger partial charge in [-0.25, -0.2) is 9.97 Å². The Kier molecular flexibility index (Phi) is 4.13. The average molecular weight is 250 g/mol. The van der Waals surface area contributed by atoms with Gasteiger partial charge in [0.25, 0.3) is 0 Å². The fraction of sp³-hybridized carbons (Fsp3) is 0.556. The van der Waals surface area contributed by atoms with E-state index in [4.69, 9.17) is 28.3 Å². The summed E-state index contributed by atoms with van der Waals surface area (Å²) in [5.41, 5.74) is -0.268. The van der Waals surface area contributed by atoms with Crippen LogP contribution in [0.4, 0.5) is 5.82 Å². The highest BCUT2D eigenvalue weighted by atomic mass is 35.5. The van der Waals surface area contributed by atoms with Crippen LogP contribution in [-0.2, 0) is 0 Å². The lowest BCUT2D eigenvalue weighted by atomic mass is 10.0. The summed E-state index contributed by atoms with van der Waals surface area (Å²) in [5, 5.41) is 12.4. The molecule has 1 aromatic heterocycles. The highest BCUT2D eigenvalue weighted by Gasteiger charge is 2.17. The minimum atomic E-state index is -0.268. The summed E-state index contributed by atoms with van der Waals surface area (Å²) in [6.07, 6.45) is 0.603. The Morgan fingerprint density at radius 3 is 2.60 bits per heavy atom. The van der Waals surface area contributed by atoms with Gasteiger partial charge in [0.1, 0.15) is 11.0 Å². The van der Waals surface area contributed by atoms with Crippen LogP contribution in [0.3, 0.4) is 0 Å². The first kappa shape index (κ1) is 12.5.